The van der Waals surface area contributed by atoms with E-state index in [0.29, 0.717) is 17.0 Å². The molecule has 0 bridgehead atoms. The van der Waals surface area contributed by atoms with E-state index in [4.69, 9.17) is 4.74 Å². The van der Waals surface area contributed by atoms with E-state index in [-0.39, 0.29) is 0 Å². The average Bonchev–Trinajstić information content (AvgIpc) is 2.48. The number of methoxy groups -OCH3 is 1. The number of aryl methyl sites for hydroxylation is 2. The third kappa shape index (κ3) is 2.05. The van der Waals surface area contributed by atoms with Crippen LogP contribution in [0.4, 0.5) is 0 Å². The topological polar surface area (TPSA) is 73.7 Å². The first-order valence-electron chi connectivity index (χ1n) is 6.15. The second kappa shape index (κ2) is 4.80. The van der Waals surface area contributed by atoms with Crippen molar-refractivity contribution in [3.63, 3.8) is 0 Å². The van der Waals surface area contributed by atoms with E-state index >= 15 is 0 Å². The van der Waals surface area contributed by atoms with Crippen LogP contribution in [-0.2, 0) is 0 Å². The van der Waals surface area contributed by atoms with Crippen LogP contribution < -0.4 is 4.74 Å². The monoisotopic (exact) mass is 267 g/mol. The molecule has 3 heterocycles. The van der Waals surface area contributed by atoms with E-state index in [2.05, 4.69) is 24.9 Å². The van der Waals surface area contributed by atoms with Crippen LogP contribution in [0, 0.1) is 13.8 Å². The Morgan fingerprint density at radius 1 is 0.950 bits per heavy atom. The molecule has 3 aromatic rings. The molecule has 6 nitrogen and oxygen atoms in total. The number of pyridine rings is 1. The number of hydrogen-bond donors (Lipinski definition) is 0. The molecule has 0 saturated heterocycles. The van der Waals surface area contributed by atoms with Gasteiger partial charge in [0.25, 0.3) is 0 Å². The smallest absolute Gasteiger partial charge is 0.212 e. The van der Waals surface area contributed by atoms with Crippen LogP contribution in [0.2, 0.25) is 0 Å². The predicted octanol–water partition coefficient (Wildman–Crippen LogP) is 2.11. The highest BCUT2D eigenvalue weighted by atomic mass is 16.5. The molecule has 0 atom stereocenters. The Bertz CT molecular complexity index is 770. The van der Waals surface area contributed by atoms with E-state index in [1.54, 1.807) is 19.4 Å². The van der Waals surface area contributed by atoms with E-state index in [9.17, 15) is 0 Å². The van der Waals surface area contributed by atoms with Crippen molar-refractivity contribution >= 4 is 11.2 Å². The lowest BCUT2D eigenvalue weighted by atomic mass is 10.2. The van der Waals surface area contributed by atoms with Gasteiger partial charge in [-0.1, -0.05) is 0 Å². The molecular weight excluding hydrogens is 254 g/mol. The molecule has 3 rings (SSSR count). The second-order valence-corrected chi connectivity index (χ2v) is 4.38. The molecule has 0 aromatic carbocycles. The molecule has 0 aliphatic rings. The SMILES string of the molecule is COc1ccc(-c2ncnc3nc(C)c(C)nc23)cn1. The molecule has 6 heteroatoms. The summed E-state index contributed by atoms with van der Waals surface area (Å²) in [6.07, 6.45) is 3.20. The van der Waals surface area contributed by atoms with Crippen molar-refractivity contribution in [2.24, 2.45) is 0 Å². The van der Waals surface area contributed by atoms with Gasteiger partial charge in [0, 0.05) is 17.8 Å². The van der Waals surface area contributed by atoms with E-state index in [1.807, 2.05) is 19.9 Å². The maximum absolute atomic E-state index is 5.06. The molecule has 100 valence electrons. The van der Waals surface area contributed by atoms with Crippen LogP contribution in [0.25, 0.3) is 22.4 Å². The van der Waals surface area contributed by atoms with Gasteiger partial charge < -0.3 is 4.74 Å². The van der Waals surface area contributed by atoms with Gasteiger partial charge in [0.15, 0.2) is 5.65 Å². The normalized spacial score (nSPS) is 10.8. The van der Waals surface area contributed by atoms with E-state index in [0.717, 1.165) is 22.6 Å². The molecule has 0 radical (unpaired) electrons. The van der Waals surface area contributed by atoms with Crippen molar-refractivity contribution in [3.8, 4) is 17.1 Å². The number of aromatic nitrogens is 5. The summed E-state index contributed by atoms with van der Waals surface area (Å²) in [6, 6.07) is 3.68. The number of nitrogens with zero attached hydrogens (tertiary/aromatic N) is 5. The maximum atomic E-state index is 5.06. The summed E-state index contributed by atoms with van der Waals surface area (Å²) in [7, 11) is 1.58. The molecular formula is C14H13N5O. The summed E-state index contributed by atoms with van der Waals surface area (Å²) in [5, 5.41) is 0. The lowest BCUT2D eigenvalue weighted by molar-refractivity contribution is 0.398. The van der Waals surface area contributed by atoms with Gasteiger partial charge in [-0.05, 0) is 19.9 Å². The fraction of sp³-hybridized carbons (Fsp3) is 0.214. The third-order valence-corrected chi connectivity index (χ3v) is 3.10. The van der Waals surface area contributed by atoms with Crippen LogP contribution in [0.5, 0.6) is 5.88 Å². The fourth-order valence-corrected chi connectivity index (χ4v) is 1.89. The van der Waals surface area contributed by atoms with Crippen LogP contribution in [0.15, 0.2) is 24.7 Å². The highest BCUT2D eigenvalue weighted by Crippen LogP contribution is 2.24. The summed E-state index contributed by atoms with van der Waals surface area (Å²) in [4.78, 5) is 21.7. The first kappa shape index (κ1) is 12.4. The van der Waals surface area contributed by atoms with Crippen molar-refractivity contribution in [2.75, 3.05) is 7.11 Å². The first-order chi connectivity index (χ1) is 9.69. The van der Waals surface area contributed by atoms with Gasteiger partial charge in [0.05, 0.1) is 18.5 Å². The molecule has 0 aliphatic carbocycles. The summed E-state index contributed by atoms with van der Waals surface area (Å²) in [5.41, 5.74) is 4.60. The molecule has 0 spiro atoms. The van der Waals surface area contributed by atoms with Gasteiger partial charge in [0.2, 0.25) is 5.88 Å². The summed E-state index contributed by atoms with van der Waals surface area (Å²) < 4.78 is 5.06. The Balaban J connectivity index is 2.22. The van der Waals surface area contributed by atoms with Crippen molar-refractivity contribution in [2.45, 2.75) is 13.8 Å². The lowest BCUT2D eigenvalue weighted by Gasteiger charge is -2.06. The largest absolute Gasteiger partial charge is 0.481 e. The number of fused-ring (bicyclic) bond motifs is 1. The zero-order valence-corrected chi connectivity index (χ0v) is 11.5. The van der Waals surface area contributed by atoms with Crippen LogP contribution >= 0.6 is 0 Å². The van der Waals surface area contributed by atoms with Gasteiger partial charge in [-0.15, -0.1) is 0 Å². The molecule has 0 unspecified atom stereocenters. The maximum Gasteiger partial charge on any atom is 0.212 e. The number of hydrogen-bond acceptors (Lipinski definition) is 6. The quantitative estimate of drug-likeness (QED) is 0.708. The molecule has 3 aromatic heterocycles. The highest BCUT2D eigenvalue weighted by Gasteiger charge is 2.11. The van der Waals surface area contributed by atoms with E-state index in [1.165, 1.54) is 6.33 Å². The lowest BCUT2D eigenvalue weighted by Crippen LogP contribution is -1.99. The molecule has 0 N–H and O–H groups in total. The molecule has 0 saturated carbocycles. The van der Waals surface area contributed by atoms with Gasteiger partial charge in [0.1, 0.15) is 17.5 Å². The first-order valence-corrected chi connectivity index (χ1v) is 6.15. The molecule has 0 aliphatic heterocycles. The zero-order chi connectivity index (χ0) is 14.1. The standard InChI is InChI=1S/C14H13N5O/c1-8-9(2)19-14-13(18-8)12(16-7-17-14)10-4-5-11(20-3)15-6-10/h4-7H,1-3H3. The summed E-state index contributed by atoms with van der Waals surface area (Å²) in [6.45, 7) is 3.84. The van der Waals surface area contributed by atoms with Crippen molar-refractivity contribution in [3.05, 3.63) is 36.0 Å². The Morgan fingerprint density at radius 2 is 1.75 bits per heavy atom. The van der Waals surface area contributed by atoms with Crippen molar-refractivity contribution in [1.82, 2.24) is 24.9 Å². The molecule has 0 amide bonds. The number of ether oxygens (including phenoxy) is 1. The molecule has 0 fully saturated rings. The van der Waals surface area contributed by atoms with Crippen molar-refractivity contribution in [1.29, 1.82) is 0 Å². The van der Waals surface area contributed by atoms with Gasteiger partial charge >= 0.3 is 0 Å². The zero-order valence-electron chi connectivity index (χ0n) is 11.5. The van der Waals surface area contributed by atoms with Crippen LogP contribution in [0.3, 0.4) is 0 Å². The summed E-state index contributed by atoms with van der Waals surface area (Å²) in [5.74, 6) is 0.560. The minimum Gasteiger partial charge on any atom is -0.481 e. The highest BCUT2D eigenvalue weighted by molar-refractivity contribution is 5.86. The van der Waals surface area contributed by atoms with E-state index < -0.39 is 0 Å². The third-order valence-electron chi connectivity index (χ3n) is 3.10. The van der Waals surface area contributed by atoms with Crippen LogP contribution in [-0.4, -0.2) is 32.0 Å². The fourth-order valence-electron chi connectivity index (χ4n) is 1.89. The Labute approximate surface area is 115 Å². The van der Waals surface area contributed by atoms with Crippen molar-refractivity contribution < 1.29 is 4.74 Å². The average molecular weight is 267 g/mol. The minimum atomic E-state index is 0.560. The van der Waals surface area contributed by atoms with Gasteiger partial charge in [-0.3, -0.25) is 0 Å². The predicted molar refractivity (Wildman–Crippen MR) is 74.4 cm³/mol. The number of rotatable bonds is 2. The Hall–Kier alpha value is -2.63. The Morgan fingerprint density at radius 3 is 2.45 bits per heavy atom. The summed E-state index contributed by atoms with van der Waals surface area (Å²) >= 11 is 0. The molecule has 20 heavy (non-hydrogen) atoms. The van der Waals surface area contributed by atoms with Gasteiger partial charge in [-0.25, -0.2) is 24.9 Å². The van der Waals surface area contributed by atoms with Crippen LogP contribution in [0.1, 0.15) is 11.4 Å². The second-order valence-electron chi connectivity index (χ2n) is 4.38. The Kier molecular flexibility index (Phi) is 2.98. The minimum absolute atomic E-state index is 0.560. The van der Waals surface area contributed by atoms with Gasteiger partial charge in [-0.2, -0.15) is 0 Å².